The van der Waals surface area contributed by atoms with Crippen molar-refractivity contribution < 1.29 is 7.87 Å². The number of rotatable bonds is 4. The average molecular weight is 404 g/mol. The van der Waals surface area contributed by atoms with Crippen molar-refractivity contribution in [3.8, 4) is 0 Å². The second-order valence-corrected chi connectivity index (χ2v) is 19.1. The molecule has 4 heteroatoms. The van der Waals surface area contributed by atoms with Crippen LogP contribution in [0.2, 0.25) is 14.8 Å². The Morgan fingerprint density at radius 2 is 1.59 bits per heavy atom. The van der Waals surface area contributed by atoms with E-state index in [4.69, 9.17) is 3.07 Å². The predicted octanol–water partition coefficient (Wildman–Crippen LogP) is 5.04. The second kappa shape index (κ2) is 6.73. The number of hydrogen-bond donors (Lipinski definition) is 1. The van der Waals surface area contributed by atoms with Gasteiger partial charge < -0.3 is 0 Å². The predicted molar refractivity (Wildman–Crippen MR) is 94.4 cm³/mol. The molecule has 0 aliphatic heterocycles. The third kappa shape index (κ3) is 4.26. The number of nitrogens with one attached hydrogen (secondary N) is 1. The fourth-order valence-corrected chi connectivity index (χ4v) is 4.04. The van der Waals surface area contributed by atoms with Crippen molar-refractivity contribution in [2.75, 3.05) is 5.32 Å². The maximum atomic E-state index is 12.4. The van der Waals surface area contributed by atoms with Crippen molar-refractivity contribution in [2.45, 2.75) is 28.7 Å². The van der Waals surface area contributed by atoms with E-state index in [0.717, 1.165) is 11.4 Å². The summed E-state index contributed by atoms with van der Waals surface area (Å²) in [6, 6.07) is 13.6. The van der Waals surface area contributed by atoms with E-state index in [-0.39, 0.29) is 5.97 Å². The zero-order valence-electron chi connectivity index (χ0n) is 13.9. The Bertz CT molecular complexity index is 690. The van der Waals surface area contributed by atoms with Crippen LogP contribution in [0.3, 0.4) is 0 Å². The Kier molecular flexibility index (Phi) is 5.16. The monoisotopic (exact) mass is 405 g/mol. The Morgan fingerprint density at radius 1 is 0.955 bits per heavy atom. The van der Waals surface area contributed by atoms with Crippen LogP contribution in [-0.4, -0.2) is 24.8 Å². The molecule has 0 aliphatic rings. The van der Waals surface area contributed by atoms with E-state index in [9.17, 15) is 4.79 Å². The minimum atomic E-state index is -2.63. The molecule has 0 aliphatic carbocycles. The Hall–Kier alpha value is -1.49. The van der Waals surface area contributed by atoms with E-state index >= 15 is 0 Å². The summed E-state index contributed by atoms with van der Waals surface area (Å²) in [4.78, 5) is 18.6. The van der Waals surface area contributed by atoms with Crippen molar-refractivity contribution in [3.05, 3.63) is 59.2 Å². The molecule has 2 rings (SSSR count). The zero-order valence-corrected chi connectivity index (χ0v) is 16.7. The third-order valence-corrected chi connectivity index (χ3v) is 5.70. The molecule has 0 radical (unpaired) electrons. The van der Waals surface area contributed by atoms with Crippen molar-refractivity contribution in [3.63, 3.8) is 0 Å². The van der Waals surface area contributed by atoms with E-state index in [1.165, 1.54) is 11.1 Å². The van der Waals surface area contributed by atoms with Gasteiger partial charge in [-0.25, -0.2) is 0 Å². The van der Waals surface area contributed by atoms with E-state index in [1.807, 2.05) is 36.4 Å². The molecule has 0 aromatic heterocycles. The number of anilines is 2. The first kappa shape index (κ1) is 16.9. The molecule has 0 spiro atoms. The number of aryl methyl sites for hydroxylation is 1. The molecule has 116 valence electrons. The third-order valence-electron chi connectivity index (χ3n) is 3.42. The molecule has 0 amide bonds. The van der Waals surface area contributed by atoms with Gasteiger partial charge in [0.25, 0.3) is 0 Å². The van der Waals surface area contributed by atoms with E-state index in [1.54, 1.807) is 0 Å². The summed E-state index contributed by atoms with van der Waals surface area (Å²) in [5.41, 5.74) is 4.79. The van der Waals surface area contributed by atoms with Crippen LogP contribution in [0.25, 0.3) is 0 Å². The molecule has 1 N–H and O–H groups in total. The Balaban J connectivity index is 2.33. The quantitative estimate of drug-likeness (QED) is 0.726. The summed E-state index contributed by atoms with van der Waals surface area (Å²) in [6.07, 6.45) is 0. The summed E-state index contributed by atoms with van der Waals surface area (Å²) in [7, 11) is 0. The molecular formula is C18H23NO2Sn. The van der Waals surface area contributed by atoms with Crippen molar-refractivity contribution >= 4 is 36.1 Å². The number of carbonyl (C=O) groups is 1. The van der Waals surface area contributed by atoms with Crippen LogP contribution in [0.1, 0.15) is 21.5 Å². The molecule has 0 saturated carbocycles. The normalized spacial score (nSPS) is 11.1. The molecule has 2 aromatic rings. The van der Waals surface area contributed by atoms with Gasteiger partial charge in [-0.2, -0.15) is 0 Å². The van der Waals surface area contributed by atoms with Gasteiger partial charge in [0.1, 0.15) is 0 Å². The standard InChI is InChI=1S/C15H15NO2.3CH3.Sn/c1-10-6-5-9-13(11(10)2)16-14-8-4-3-7-12(14)15(17)18;;;;/h3-9,16H,1-2H3,(H,17,18);3*1H3;/q;;;;+1/p-1. The van der Waals surface area contributed by atoms with Crippen LogP contribution in [0.5, 0.6) is 0 Å². The SMILES string of the molecule is Cc1cccc(Nc2ccccc2C(=O)[O][Sn]([CH3])([CH3])[CH3])c1C. The zero-order chi connectivity index (χ0) is 16.3. The van der Waals surface area contributed by atoms with Gasteiger partial charge in [-0.15, -0.1) is 0 Å². The van der Waals surface area contributed by atoms with Crippen LogP contribution in [-0.2, 0) is 3.07 Å². The molecule has 0 bridgehead atoms. The summed E-state index contributed by atoms with van der Waals surface area (Å²) < 4.78 is 5.69. The molecule has 3 nitrogen and oxygen atoms in total. The molecule has 0 saturated heterocycles. The van der Waals surface area contributed by atoms with Crippen molar-refractivity contribution in [2.24, 2.45) is 0 Å². The molecule has 2 aromatic carbocycles. The van der Waals surface area contributed by atoms with E-state index in [2.05, 4.69) is 40.0 Å². The van der Waals surface area contributed by atoms with Gasteiger partial charge in [-0.1, -0.05) is 0 Å². The summed E-state index contributed by atoms with van der Waals surface area (Å²) in [6.45, 7) is 4.15. The average Bonchev–Trinajstić information content (AvgIpc) is 2.42. The summed E-state index contributed by atoms with van der Waals surface area (Å²) >= 11 is -2.63. The van der Waals surface area contributed by atoms with Gasteiger partial charge in [0.15, 0.2) is 0 Å². The maximum absolute atomic E-state index is 12.4. The minimum absolute atomic E-state index is 0.225. The van der Waals surface area contributed by atoms with Gasteiger partial charge in [-0.3, -0.25) is 0 Å². The second-order valence-electron chi connectivity index (χ2n) is 6.42. The number of carbonyl (C=O) groups excluding carboxylic acids is 1. The first-order valence-corrected chi connectivity index (χ1v) is 17.2. The number of para-hydroxylation sites is 1. The van der Waals surface area contributed by atoms with Gasteiger partial charge >= 0.3 is 137 Å². The van der Waals surface area contributed by atoms with Crippen molar-refractivity contribution in [1.29, 1.82) is 0 Å². The van der Waals surface area contributed by atoms with Gasteiger partial charge in [0.2, 0.25) is 0 Å². The van der Waals surface area contributed by atoms with Gasteiger partial charge in [0.05, 0.1) is 0 Å². The number of benzene rings is 2. The molecular weight excluding hydrogens is 381 g/mol. The molecule has 22 heavy (non-hydrogen) atoms. The van der Waals surface area contributed by atoms with Crippen LogP contribution in [0, 0.1) is 13.8 Å². The summed E-state index contributed by atoms with van der Waals surface area (Å²) in [5, 5.41) is 3.37. The Morgan fingerprint density at radius 3 is 2.27 bits per heavy atom. The van der Waals surface area contributed by atoms with Gasteiger partial charge in [-0.05, 0) is 0 Å². The number of hydrogen-bond acceptors (Lipinski definition) is 3. The first-order valence-electron chi connectivity index (χ1n) is 7.43. The molecule has 0 fully saturated rings. The molecule has 0 atom stereocenters. The topological polar surface area (TPSA) is 38.3 Å². The van der Waals surface area contributed by atoms with Crippen LogP contribution in [0.15, 0.2) is 42.5 Å². The van der Waals surface area contributed by atoms with Crippen LogP contribution < -0.4 is 5.32 Å². The Labute approximate surface area is 137 Å². The van der Waals surface area contributed by atoms with E-state index < -0.39 is 18.8 Å². The summed E-state index contributed by atoms with van der Waals surface area (Å²) in [5.74, 6) is -0.225. The van der Waals surface area contributed by atoms with Crippen LogP contribution in [0.4, 0.5) is 11.4 Å². The van der Waals surface area contributed by atoms with Crippen LogP contribution >= 0.6 is 0 Å². The molecule has 0 unspecified atom stereocenters. The van der Waals surface area contributed by atoms with Gasteiger partial charge in [0, 0.05) is 0 Å². The fraction of sp³-hybridized carbons (Fsp3) is 0.278. The van der Waals surface area contributed by atoms with Crippen molar-refractivity contribution in [1.82, 2.24) is 0 Å². The molecule has 0 heterocycles. The first-order chi connectivity index (χ1) is 10.3. The van der Waals surface area contributed by atoms with E-state index in [0.29, 0.717) is 5.56 Å². The fourth-order valence-electron chi connectivity index (χ4n) is 2.13.